The molecule has 2 unspecified atom stereocenters. The Hall–Kier alpha value is -2.58. The van der Waals surface area contributed by atoms with Gasteiger partial charge in [0.1, 0.15) is 0 Å². The molecule has 2 saturated heterocycles. The molecule has 1 N–H and O–H groups in total. The highest BCUT2D eigenvalue weighted by Crippen LogP contribution is 2.33. The Balaban J connectivity index is 1.77. The van der Waals surface area contributed by atoms with E-state index < -0.39 is 0 Å². The number of rotatable bonds is 3. The summed E-state index contributed by atoms with van der Waals surface area (Å²) in [5.74, 6) is 1.31. The Labute approximate surface area is 172 Å². The Morgan fingerprint density at radius 3 is 2.76 bits per heavy atom. The number of hydrogen-bond donors (Lipinski definition) is 1. The molecule has 1 aromatic carbocycles. The van der Waals surface area contributed by atoms with E-state index in [1.807, 2.05) is 28.8 Å². The molecule has 2 atom stereocenters. The minimum absolute atomic E-state index is 0.339. The molecule has 8 nitrogen and oxygen atoms in total. The van der Waals surface area contributed by atoms with Crippen molar-refractivity contribution >= 4 is 28.7 Å². The van der Waals surface area contributed by atoms with E-state index in [2.05, 4.69) is 10.2 Å². The zero-order chi connectivity index (χ0) is 20.3. The van der Waals surface area contributed by atoms with Gasteiger partial charge in [-0.05, 0) is 24.0 Å². The molecular formula is C20H23ClN6O2. The molecule has 2 aliphatic rings. The summed E-state index contributed by atoms with van der Waals surface area (Å²) in [7, 11) is 3.16. The zero-order valence-electron chi connectivity index (χ0n) is 16.4. The lowest BCUT2D eigenvalue weighted by Crippen LogP contribution is -2.38. The first-order chi connectivity index (χ1) is 14.0. The highest BCUT2D eigenvalue weighted by atomic mass is 35.5. The number of fused-ring (bicyclic) bond motifs is 2. The molecule has 0 bridgehead atoms. The molecule has 2 aromatic heterocycles. The van der Waals surface area contributed by atoms with Gasteiger partial charge in [0, 0.05) is 44.8 Å². The second kappa shape index (κ2) is 6.74. The van der Waals surface area contributed by atoms with Crippen molar-refractivity contribution in [1.82, 2.24) is 24.0 Å². The minimum atomic E-state index is -0.377. The Kier molecular flexibility index (Phi) is 4.29. The van der Waals surface area contributed by atoms with Gasteiger partial charge in [0.15, 0.2) is 11.2 Å². The average molecular weight is 415 g/mol. The van der Waals surface area contributed by atoms with Gasteiger partial charge >= 0.3 is 5.69 Å². The van der Waals surface area contributed by atoms with Crippen molar-refractivity contribution in [1.29, 1.82) is 0 Å². The molecule has 4 heterocycles. The summed E-state index contributed by atoms with van der Waals surface area (Å²) in [4.78, 5) is 32.6. The molecule has 5 rings (SSSR count). The molecule has 0 radical (unpaired) electrons. The number of nitrogens with one attached hydrogen (secondary N) is 1. The largest absolute Gasteiger partial charge is 0.338 e. The minimum Gasteiger partial charge on any atom is -0.338 e. The molecule has 152 valence electrons. The molecule has 2 fully saturated rings. The highest BCUT2D eigenvalue weighted by molar-refractivity contribution is 6.31. The lowest BCUT2D eigenvalue weighted by atomic mass is 10.1. The number of hydrogen-bond acceptors (Lipinski definition) is 5. The van der Waals surface area contributed by atoms with Crippen molar-refractivity contribution < 1.29 is 0 Å². The van der Waals surface area contributed by atoms with Crippen LogP contribution in [0.25, 0.3) is 11.2 Å². The van der Waals surface area contributed by atoms with Gasteiger partial charge in [-0.3, -0.25) is 18.5 Å². The van der Waals surface area contributed by atoms with Gasteiger partial charge in [-0.15, -0.1) is 0 Å². The van der Waals surface area contributed by atoms with Crippen LogP contribution in [0.4, 0.5) is 5.95 Å². The van der Waals surface area contributed by atoms with Crippen LogP contribution in [-0.2, 0) is 20.6 Å². The number of benzene rings is 1. The van der Waals surface area contributed by atoms with E-state index in [-0.39, 0.29) is 11.2 Å². The van der Waals surface area contributed by atoms with Crippen molar-refractivity contribution in [3.8, 4) is 0 Å². The van der Waals surface area contributed by atoms with E-state index in [0.717, 1.165) is 42.1 Å². The third kappa shape index (κ3) is 2.73. The van der Waals surface area contributed by atoms with E-state index in [9.17, 15) is 9.59 Å². The normalized spacial score (nSPS) is 21.3. The maximum absolute atomic E-state index is 13.1. The number of anilines is 1. The number of aryl methyl sites for hydroxylation is 1. The molecular weight excluding hydrogens is 392 g/mol. The molecule has 0 saturated carbocycles. The second-order valence-corrected chi connectivity index (χ2v) is 8.34. The third-order valence-corrected chi connectivity index (χ3v) is 6.69. The Morgan fingerprint density at radius 2 is 1.97 bits per heavy atom. The van der Waals surface area contributed by atoms with Crippen LogP contribution in [0.2, 0.25) is 5.02 Å². The Morgan fingerprint density at radius 1 is 1.17 bits per heavy atom. The maximum Gasteiger partial charge on any atom is 0.332 e. The summed E-state index contributed by atoms with van der Waals surface area (Å²) in [6, 6.07) is 7.96. The van der Waals surface area contributed by atoms with Crippen molar-refractivity contribution in [2.45, 2.75) is 19.0 Å². The van der Waals surface area contributed by atoms with Crippen LogP contribution in [0.1, 0.15) is 12.0 Å². The van der Waals surface area contributed by atoms with Crippen LogP contribution in [0.5, 0.6) is 0 Å². The highest BCUT2D eigenvalue weighted by Gasteiger charge is 2.40. The quantitative estimate of drug-likeness (QED) is 0.690. The summed E-state index contributed by atoms with van der Waals surface area (Å²) < 4.78 is 4.52. The SMILES string of the molecule is Cn1c(=O)c2c(nc(N3CCC4CNCC43)n2Cc2ccccc2Cl)n(C)c1=O. The molecule has 0 amide bonds. The lowest BCUT2D eigenvalue weighted by molar-refractivity contribution is 0.573. The van der Waals surface area contributed by atoms with Crippen LogP contribution >= 0.6 is 11.6 Å². The van der Waals surface area contributed by atoms with E-state index in [4.69, 9.17) is 16.6 Å². The van der Waals surface area contributed by atoms with E-state index in [1.54, 1.807) is 7.05 Å². The van der Waals surface area contributed by atoms with Crippen LogP contribution in [-0.4, -0.2) is 44.4 Å². The monoisotopic (exact) mass is 414 g/mol. The lowest BCUT2D eigenvalue weighted by Gasteiger charge is -2.25. The summed E-state index contributed by atoms with van der Waals surface area (Å²) in [6.07, 6.45) is 1.09. The first-order valence-electron chi connectivity index (χ1n) is 9.84. The van der Waals surface area contributed by atoms with Gasteiger partial charge in [-0.2, -0.15) is 4.98 Å². The van der Waals surface area contributed by atoms with E-state index in [1.165, 1.54) is 11.6 Å². The average Bonchev–Trinajstić information content (AvgIpc) is 3.41. The molecule has 0 aliphatic carbocycles. The summed E-state index contributed by atoms with van der Waals surface area (Å²) >= 11 is 6.43. The summed E-state index contributed by atoms with van der Waals surface area (Å²) in [5.41, 5.74) is 1.03. The maximum atomic E-state index is 13.1. The van der Waals surface area contributed by atoms with Crippen LogP contribution in [0.15, 0.2) is 33.9 Å². The van der Waals surface area contributed by atoms with Crippen LogP contribution in [0, 0.1) is 5.92 Å². The van der Waals surface area contributed by atoms with Crippen LogP contribution in [0.3, 0.4) is 0 Å². The molecule has 9 heteroatoms. The van der Waals surface area contributed by atoms with Gasteiger partial charge < -0.3 is 10.2 Å². The third-order valence-electron chi connectivity index (χ3n) is 6.32. The topological polar surface area (TPSA) is 77.1 Å². The Bertz CT molecular complexity index is 1230. The number of imidazole rings is 1. The zero-order valence-corrected chi connectivity index (χ0v) is 17.2. The number of aromatic nitrogens is 4. The van der Waals surface area contributed by atoms with Crippen molar-refractivity contribution in [3.63, 3.8) is 0 Å². The van der Waals surface area contributed by atoms with Gasteiger partial charge in [-0.1, -0.05) is 29.8 Å². The standard InChI is InChI=1S/C20H23ClN6O2/c1-24-17-16(18(28)25(2)20(24)29)27(11-13-5-3-4-6-14(13)21)19(23-17)26-8-7-12-9-22-10-15(12)26/h3-6,12,15,22H,7-11H2,1-2H3. The predicted octanol–water partition coefficient (Wildman–Crippen LogP) is 0.934. The molecule has 0 spiro atoms. The predicted molar refractivity (Wildman–Crippen MR) is 113 cm³/mol. The molecule has 2 aliphatic heterocycles. The van der Waals surface area contributed by atoms with E-state index in [0.29, 0.717) is 34.7 Å². The fourth-order valence-electron chi connectivity index (χ4n) is 4.70. The molecule has 3 aromatic rings. The first-order valence-corrected chi connectivity index (χ1v) is 10.2. The van der Waals surface area contributed by atoms with Gasteiger partial charge in [0.2, 0.25) is 5.95 Å². The summed E-state index contributed by atoms with van der Waals surface area (Å²) in [5, 5.41) is 4.10. The van der Waals surface area contributed by atoms with Gasteiger partial charge in [0.05, 0.1) is 6.54 Å². The van der Waals surface area contributed by atoms with E-state index >= 15 is 0 Å². The number of nitrogens with zero attached hydrogens (tertiary/aromatic N) is 5. The summed E-state index contributed by atoms with van der Waals surface area (Å²) in [6.45, 7) is 3.21. The fourth-order valence-corrected chi connectivity index (χ4v) is 4.89. The second-order valence-electron chi connectivity index (χ2n) is 7.94. The van der Waals surface area contributed by atoms with Crippen molar-refractivity contribution in [2.75, 3.05) is 24.5 Å². The fraction of sp³-hybridized carbons (Fsp3) is 0.450. The number of halogens is 1. The molecule has 29 heavy (non-hydrogen) atoms. The van der Waals surface area contributed by atoms with Crippen molar-refractivity contribution in [3.05, 3.63) is 55.7 Å². The first kappa shape index (κ1) is 18.4. The smallest absolute Gasteiger partial charge is 0.332 e. The van der Waals surface area contributed by atoms with Crippen molar-refractivity contribution in [2.24, 2.45) is 20.0 Å². The van der Waals surface area contributed by atoms with Gasteiger partial charge in [-0.25, -0.2) is 4.79 Å². The van der Waals surface area contributed by atoms with Crippen LogP contribution < -0.4 is 21.5 Å². The van der Waals surface area contributed by atoms with Gasteiger partial charge in [0.25, 0.3) is 5.56 Å².